The number of aromatic nitrogens is 1. The monoisotopic (exact) mass is 406 g/mol. The quantitative estimate of drug-likeness (QED) is 0.847. The molecule has 0 bridgehead atoms. The highest BCUT2D eigenvalue weighted by Gasteiger charge is 2.24. The molecule has 0 aliphatic carbocycles. The first-order chi connectivity index (χ1) is 11.2. The van der Waals surface area contributed by atoms with Crippen molar-refractivity contribution in [2.45, 2.75) is 6.42 Å². The number of carbonyl (C=O) groups is 1. The van der Waals surface area contributed by atoms with Crippen molar-refractivity contribution >= 4 is 47.7 Å². The minimum atomic E-state index is -0.224. The van der Waals surface area contributed by atoms with Gasteiger partial charge in [0, 0.05) is 38.0 Å². The van der Waals surface area contributed by atoms with Crippen LogP contribution in [0.15, 0.2) is 29.6 Å². The van der Waals surface area contributed by atoms with E-state index >= 15 is 0 Å². The van der Waals surface area contributed by atoms with Crippen molar-refractivity contribution in [1.29, 1.82) is 0 Å². The summed E-state index contributed by atoms with van der Waals surface area (Å²) in [4.78, 5) is 20.6. The third-order valence-electron chi connectivity index (χ3n) is 3.89. The molecule has 1 amide bonds. The Labute approximate surface area is 162 Å². The van der Waals surface area contributed by atoms with Crippen LogP contribution in [0.5, 0.6) is 0 Å². The Kier molecular flexibility index (Phi) is 8.58. The summed E-state index contributed by atoms with van der Waals surface area (Å²) < 4.78 is 13.8. The molecule has 0 saturated carbocycles. The zero-order valence-electron chi connectivity index (χ0n) is 13.6. The minimum Gasteiger partial charge on any atom is -0.366 e. The van der Waals surface area contributed by atoms with Crippen LogP contribution in [-0.4, -0.2) is 48.5 Å². The third kappa shape index (κ3) is 5.04. The molecule has 1 aliphatic rings. The molecule has 0 atom stereocenters. The molecule has 1 saturated heterocycles. The summed E-state index contributed by atoms with van der Waals surface area (Å²) in [5, 5.41) is 2.68. The third-order valence-corrected chi connectivity index (χ3v) is 4.80. The van der Waals surface area contributed by atoms with Gasteiger partial charge in [-0.25, -0.2) is 9.37 Å². The number of nitrogens with zero attached hydrogens (tertiary/aromatic N) is 3. The number of nitrogens with two attached hydrogens (primary N) is 1. The number of halogens is 3. The Hall–Kier alpha value is -1.41. The highest BCUT2D eigenvalue weighted by atomic mass is 35.5. The van der Waals surface area contributed by atoms with Crippen LogP contribution in [0, 0.1) is 5.82 Å². The van der Waals surface area contributed by atoms with Crippen molar-refractivity contribution < 1.29 is 9.18 Å². The second kappa shape index (κ2) is 9.91. The summed E-state index contributed by atoms with van der Waals surface area (Å²) in [6.45, 7) is 2.90. The molecule has 0 spiro atoms. The lowest BCUT2D eigenvalue weighted by atomic mass is 10.2. The van der Waals surface area contributed by atoms with Gasteiger partial charge in [-0.05, 0) is 18.7 Å². The lowest BCUT2D eigenvalue weighted by molar-refractivity contribution is 0.0741. The number of benzene rings is 1. The lowest BCUT2D eigenvalue weighted by Gasteiger charge is -2.35. The molecule has 25 heavy (non-hydrogen) atoms. The minimum absolute atomic E-state index is 0. The number of carbonyl (C=O) groups excluding carboxylic acids is 1. The summed E-state index contributed by atoms with van der Waals surface area (Å²) in [5.41, 5.74) is 6.59. The van der Waals surface area contributed by atoms with Gasteiger partial charge >= 0.3 is 0 Å². The van der Waals surface area contributed by atoms with E-state index in [1.165, 1.54) is 17.4 Å². The fourth-order valence-electron chi connectivity index (χ4n) is 2.67. The van der Waals surface area contributed by atoms with Gasteiger partial charge in [-0.1, -0.05) is 12.1 Å². The van der Waals surface area contributed by atoms with Gasteiger partial charge in [0.15, 0.2) is 0 Å². The van der Waals surface area contributed by atoms with Crippen molar-refractivity contribution in [3.63, 3.8) is 0 Å². The van der Waals surface area contributed by atoms with Gasteiger partial charge in [-0.15, -0.1) is 36.2 Å². The molecule has 2 N–H and O–H groups in total. The predicted octanol–water partition coefficient (Wildman–Crippen LogP) is 2.59. The maximum Gasteiger partial charge on any atom is 0.273 e. The Morgan fingerprint density at radius 2 is 1.88 bits per heavy atom. The Bertz CT molecular complexity index is 692. The normalized spacial score (nSPS) is 13.8. The molecule has 5 nitrogen and oxygen atoms in total. The van der Waals surface area contributed by atoms with E-state index in [0.29, 0.717) is 50.5 Å². The second-order valence-electron chi connectivity index (χ2n) is 5.40. The van der Waals surface area contributed by atoms with Gasteiger partial charge in [0.05, 0.1) is 10.7 Å². The van der Waals surface area contributed by atoms with Crippen molar-refractivity contribution in [3.8, 4) is 0 Å². The van der Waals surface area contributed by atoms with Crippen LogP contribution < -0.4 is 10.6 Å². The molecular formula is C16H21Cl2FN4OS. The average Bonchev–Trinajstić information content (AvgIpc) is 3.04. The molecule has 9 heteroatoms. The van der Waals surface area contributed by atoms with E-state index in [-0.39, 0.29) is 36.5 Å². The number of piperazine rings is 1. The second-order valence-corrected chi connectivity index (χ2v) is 6.34. The largest absolute Gasteiger partial charge is 0.366 e. The smallest absolute Gasteiger partial charge is 0.273 e. The van der Waals surface area contributed by atoms with Crippen LogP contribution >= 0.6 is 36.2 Å². The van der Waals surface area contributed by atoms with E-state index in [4.69, 9.17) is 5.73 Å². The Balaban J connectivity index is 0.00000156. The predicted molar refractivity (Wildman–Crippen MR) is 104 cm³/mol. The van der Waals surface area contributed by atoms with Crippen LogP contribution in [0.2, 0.25) is 0 Å². The zero-order chi connectivity index (χ0) is 16.2. The van der Waals surface area contributed by atoms with E-state index in [0.717, 1.165) is 5.01 Å². The summed E-state index contributed by atoms with van der Waals surface area (Å²) in [7, 11) is 0. The molecule has 1 aromatic heterocycles. The summed E-state index contributed by atoms with van der Waals surface area (Å²) >= 11 is 1.47. The van der Waals surface area contributed by atoms with E-state index in [9.17, 15) is 9.18 Å². The van der Waals surface area contributed by atoms with Gasteiger partial charge in [-0.2, -0.15) is 0 Å². The maximum atomic E-state index is 13.8. The molecule has 0 unspecified atom stereocenters. The number of anilines is 1. The first-order valence-electron chi connectivity index (χ1n) is 7.62. The van der Waals surface area contributed by atoms with Crippen LogP contribution in [0.4, 0.5) is 10.1 Å². The summed E-state index contributed by atoms with van der Waals surface area (Å²) in [5.74, 6) is -0.282. The molecule has 3 rings (SSSR count). The highest BCUT2D eigenvalue weighted by Crippen LogP contribution is 2.21. The number of thiazole rings is 1. The molecule has 138 valence electrons. The zero-order valence-corrected chi connectivity index (χ0v) is 16.0. The van der Waals surface area contributed by atoms with Gasteiger partial charge in [-0.3, -0.25) is 4.79 Å². The number of amides is 1. The molecule has 2 aromatic rings. The first-order valence-corrected chi connectivity index (χ1v) is 8.50. The van der Waals surface area contributed by atoms with Crippen LogP contribution in [-0.2, 0) is 6.42 Å². The maximum absolute atomic E-state index is 13.8. The summed E-state index contributed by atoms with van der Waals surface area (Å²) in [6.07, 6.45) is 0.693. The number of para-hydroxylation sites is 1. The van der Waals surface area contributed by atoms with Crippen molar-refractivity contribution in [3.05, 3.63) is 46.2 Å². The molecule has 2 heterocycles. The van der Waals surface area contributed by atoms with Gasteiger partial charge in [0.1, 0.15) is 11.5 Å². The molecular weight excluding hydrogens is 386 g/mol. The van der Waals surface area contributed by atoms with E-state index in [1.807, 2.05) is 11.0 Å². The fourth-order valence-corrected chi connectivity index (χ4v) is 3.46. The van der Waals surface area contributed by atoms with E-state index < -0.39 is 0 Å². The highest BCUT2D eigenvalue weighted by molar-refractivity contribution is 7.09. The van der Waals surface area contributed by atoms with Gasteiger partial charge < -0.3 is 15.5 Å². The molecule has 1 aromatic carbocycles. The molecule has 0 radical (unpaired) electrons. The SMILES string of the molecule is Cl.Cl.NCCc1nc(C(=O)N2CCN(c3ccccc3F)CC2)cs1. The van der Waals surface area contributed by atoms with E-state index in [2.05, 4.69) is 4.98 Å². The number of hydrogen-bond donors (Lipinski definition) is 1. The topological polar surface area (TPSA) is 62.5 Å². The van der Waals surface area contributed by atoms with Crippen LogP contribution in [0.1, 0.15) is 15.5 Å². The van der Waals surface area contributed by atoms with Crippen LogP contribution in [0.25, 0.3) is 0 Å². The lowest BCUT2D eigenvalue weighted by Crippen LogP contribution is -2.49. The Morgan fingerprint density at radius 3 is 2.52 bits per heavy atom. The van der Waals surface area contributed by atoms with Gasteiger partial charge in [0.25, 0.3) is 5.91 Å². The van der Waals surface area contributed by atoms with Crippen molar-refractivity contribution in [2.75, 3.05) is 37.6 Å². The Morgan fingerprint density at radius 1 is 1.20 bits per heavy atom. The molecule has 1 aliphatic heterocycles. The summed E-state index contributed by atoms with van der Waals surface area (Å²) in [6, 6.07) is 6.73. The fraction of sp³-hybridized carbons (Fsp3) is 0.375. The molecule has 1 fully saturated rings. The van der Waals surface area contributed by atoms with Crippen LogP contribution in [0.3, 0.4) is 0 Å². The van der Waals surface area contributed by atoms with E-state index in [1.54, 1.807) is 22.4 Å². The first kappa shape index (κ1) is 21.6. The number of rotatable bonds is 4. The average molecular weight is 407 g/mol. The standard InChI is InChI=1S/C16H19FN4OS.2ClH/c17-12-3-1-2-4-14(12)20-7-9-21(10-8-20)16(22)13-11-23-15(19-13)5-6-18;;/h1-4,11H,5-10,18H2;2*1H. The van der Waals surface area contributed by atoms with Crippen molar-refractivity contribution in [1.82, 2.24) is 9.88 Å². The van der Waals surface area contributed by atoms with Crippen molar-refractivity contribution in [2.24, 2.45) is 5.73 Å². The van der Waals surface area contributed by atoms with Gasteiger partial charge in [0.2, 0.25) is 0 Å². The number of hydrogen-bond acceptors (Lipinski definition) is 5.